The van der Waals surface area contributed by atoms with Crippen LogP contribution in [-0.2, 0) is 0 Å². The van der Waals surface area contributed by atoms with Gasteiger partial charge in [-0.2, -0.15) is 0 Å². The van der Waals surface area contributed by atoms with E-state index in [0.29, 0.717) is 11.2 Å². The molecule has 1 aromatic rings. The molecule has 3 heterocycles. The second kappa shape index (κ2) is 4.22. The summed E-state index contributed by atoms with van der Waals surface area (Å²) >= 11 is 5.88. The van der Waals surface area contributed by atoms with Crippen LogP contribution in [0.3, 0.4) is 0 Å². The number of piperidine rings is 1. The van der Waals surface area contributed by atoms with Gasteiger partial charge in [0.05, 0.1) is 0 Å². The van der Waals surface area contributed by atoms with Gasteiger partial charge in [-0.05, 0) is 37.4 Å². The van der Waals surface area contributed by atoms with Crippen LogP contribution < -0.4 is 5.32 Å². The van der Waals surface area contributed by atoms with Crippen LogP contribution >= 0.6 is 11.6 Å². The second-order valence-electron chi connectivity index (χ2n) is 4.73. The smallest absolute Gasteiger partial charge is 0.131 e. The van der Waals surface area contributed by atoms with Gasteiger partial charge < -0.3 is 10.2 Å². The summed E-state index contributed by atoms with van der Waals surface area (Å²) in [5.74, 6) is 1.70. The summed E-state index contributed by atoms with van der Waals surface area (Å²) in [6.07, 6.45) is 2.54. The Bertz CT molecular complexity index is 382. The molecular weight excluding hydrogens is 222 g/mol. The molecule has 3 rings (SSSR count). The first kappa shape index (κ1) is 10.4. The van der Waals surface area contributed by atoms with E-state index in [4.69, 9.17) is 11.6 Å². The Morgan fingerprint density at radius 3 is 3.06 bits per heavy atom. The number of fused-ring (bicyclic) bond motifs is 2. The third kappa shape index (κ3) is 2.02. The molecule has 0 aromatic carbocycles. The van der Waals surface area contributed by atoms with Crippen molar-refractivity contribution >= 4 is 17.4 Å². The van der Waals surface area contributed by atoms with Gasteiger partial charge in [-0.15, -0.1) is 0 Å². The van der Waals surface area contributed by atoms with Gasteiger partial charge in [0.1, 0.15) is 11.0 Å². The van der Waals surface area contributed by atoms with E-state index < -0.39 is 0 Å². The molecule has 3 nitrogen and oxygen atoms in total. The molecule has 2 aliphatic rings. The Labute approximate surface area is 101 Å². The zero-order valence-electron chi connectivity index (χ0n) is 9.19. The van der Waals surface area contributed by atoms with Crippen LogP contribution in [-0.4, -0.2) is 35.6 Å². The van der Waals surface area contributed by atoms with Gasteiger partial charge >= 0.3 is 0 Å². The van der Waals surface area contributed by atoms with E-state index in [9.17, 15) is 0 Å². The summed E-state index contributed by atoms with van der Waals surface area (Å²) < 4.78 is 0. The molecule has 1 N–H and O–H groups in total. The molecule has 0 radical (unpaired) electrons. The van der Waals surface area contributed by atoms with E-state index in [0.717, 1.165) is 11.7 Å². The van der Waals surface area contributed by atoms with Crippen molar-refractivity contribution in [1.82, 2.24) is 9.88 Å². The lowest BCUT2D eigenvalue weighted by molar-refractivity contribution is 0.255. The molecule has 2 fully saturated rings. The Hall–Kier alpha value is -0.800. The lowest BCUT2D eigenvalue weighted by Crippen LogP contribution is -2.39. The molecule has 0 spiro atoms. The molecule has 0 saturated carbocycles. The maximum atomic E-state index is 5.88. The first-order chi connectivity index (χ1) is 7.81. The van der Waals surface area contributed by atoms with Gasteiger partial charge in [0.25, 0.3) is 0 Å². The van der Waals surface area contributed by atoms with E-state index in [1.807, 2.05) is 18.2 Å². The highest BCUT2D eigenvalue weighted by atomic mass is 35.5. The largest absolute Gasteiger partial charge is 0.367 e. The molecule has 16 heavy (non-hydrogen) atoms. The fourth-order valence-electron chi connectivity index (χ4n) is 2.82. The number of hydrogen-bond donors (Lipinski definition) is 1. The summed E-state index contributed by atoms with van der Waals surface area (Å²) in [6, 6.07) is 6.32. The molecule has 0 aliphatic carbocycles. The van der Waals surface area contributed by atoms with Gasteiger partial charge in [0.2, 0.25) is 0 Å². The van der Waals surface area contributed by atoms with Crippen LogP contribution in [0.1, 0.15) is 12.8 Å². The second-order valence-corrected chi connectivity index (χ2v) is 5.12. The van der Waals surface area contributed by atoms with Gasteiger partial charge in [0, 0.05) is 19.1 Å². The average molecular weight is 238 g/mol. The maximum Gasteiger partial charge on any atom is 0.131 e. The molecule has 1 aromatic heterocycles. The first-order valence-corrected chi connectivity index (χ1v) is 6.30. The first-order valence-electron chi connectivity index (χ1n) is 5.93. The molecule has 2 saturated heterocycles. The van der Waals surface area contributed by atoms with Crippen molar-refractivity contribution in [1.29, 1.82) is 0 Å². The van der Waals surface area contributed by atoms with Crippen LogP contribution in [0, 0.1) is 5.92 Å². The van der Waals surface area contributed by atoms with Crippen LogP contribution in [0.15, 0.2) is 18.2 Å². The van der Waals surface area contributed by atoms with Crippen molar-refractivity contribution in [3.8, 4) is 0 Å². The summed E-state index contributed by atoms with van der Waals surface area (Å²) in [5.41, 5.74) is 0. The topological polar surface area (TPSA) is 28.2 Å². The Kier molecular flexibility index (Phi) is 2.74. The Morgan fingerprint density at radius 1 is 1.31 bits per heavy atom. The predicted octanol–water partition coefficient (Wildman–Crippen LogP) is 2.24. The van der Waals surface area contributed by atoms with E-state index in [1.54, 1.807) is 0 Å². The minimum atomic E-state index is 0.564. The minimum Gasteiger partial charge on any atom is -0.367 e. The third-order valence-electron chi connectivity index (χ3n) is 3.68. The highest BCUT2D eigenvalue weighted by molar-refractivity contribution is 6.29. The summed E-state index contributed by atoms with van der Waals surface area (Å²) in [6.45, 7) is 3.73. The van der Waals surface area contributed by atoms with Crippen LogP contribution in [0.5, 0.6) is 0 Å². The normalized spacial score (nSPS) is 32.7. The van der Waals surface area contributed by atoms with Gasteiger partial charge in [-0.3, -0.25) is 0 Å². The predicted molar refractivity (Wildman–Crippen MR) is 65.8 cm³/mol. The Morgan fingerprint density at radius 2 is 2.19 bits per heavy atom. The number of nitrogens with one attached hydrogen (secondary N) is 1. The standard InChI is InChI=1S/C12H16ClN3/c13-11-2-1-3-12(15-11)14-10-5-7-16-6-4-9(10)8-16/h1-3,9-10H,4-8H2,(H,14,15). The minimum absolute atomic E-state index is 0.564. The number of nitrogens with zero attached hydrogens (tertiary/aromatic N) is 2. The molecule has 3 atom stereocenters. The summed E-state index contributed by atoms with van der Waals surface area (Å²) in [5, 5.41) is 4.09. The fraction of sp³-hybridized carbons (Fsp3) is 0.583. The van der Waals surface area contributed by atoms with E-state index >= 15 is 0 Å². The van der Waals surface area contributed by atoms with Crippen molar-refractivity contribution < 1.29 is 0 Å². The monoisotopic (exact) mass is 237 g/mol. The van der Waals surface area contributed by atoms with E-state index in [-0.39, 0.29) is 0 Å². The SMILES string of the molecule is Clc1cccc(NC2CCN3CCC2C3)n1. The van der Waals surface area contributed by atoms with Crippen molar-refractivity contribution in [3.05, 3.63) is 23.4 Å². The highest BCUT2D eigenvalue weighted by Crippen LogP contribution is 2.29. The zero-order valence-corrected chi connectivity index (χ0v) is 9.95. The average Bonchev–Trinajstić information content (AvgIpc) is 2.66. The van der Waals surface area contributed by atoms with Crippen LogP contribution in [0.2, 0.25) is 5.15 Å². The molecule has 0 amide bonds. The van der Waals surface area contributed by atoms with Crippen molar-refractivity contribution in [3.63, 3.8) is 0 Å². The van der Waals surface area contributed by atoms with E-state index in [2.05, 4.69) is 15.2 Å². The summed E-state index contributed by atoms with van der Waals surface area (Å²) in [4.78, 5) is 6.84. The van der Waals surface area contributed by atoms with Gasteiger partial charge in [0.15, 0.2) is 0 Å². The fourth-order valence-corrected chi connectivity index (χ4v) is 2.98. The van der Waals surface area contributed by atoms with Crippen LogP contribution in [0.4, 0.5) is 5.82 Å². The zero-order chi connectivity index (χ0) is 11.0. The molecule has 2 aliphatic heterocycles. The number of halogens is 1. The van der Waals surface area contributed by atoms with Crippen molar-refractivity contribution in [2.75, 3.05) is 25.0 Å². The van der Waals surface area contributed by atoms with Crippen LogP contribution in [0.25, 0.3) is 0 Å². The van der Waals surface area contributed by atoms with Crippen molar-refractivity contribution in [2.45, 2.75) is 18.9 Å². The van der Waals surface area contributed by atoms with Gasteiger partial charge in [-0.1, -0.05) is 17.7 Å². The quantitative estimate of drug-likeness (QED) is 0.800. The Balaban J connectivity index is 1.70. The number of pyridine rings is 1. The molecule has 86 valence electrons. The summed E-state index contributed by atoms with van der Waals surface area (Å²) in [7, 11) is 0. The maximum absolute atomic E-state index is 5.88. The number of rotatable bonds is 2. The number of hydrogen-bond acceptors (Lipinski definition) is 3. The highest BCUT2D eigenvalue weighted by Gasteiger charge is 2.34. The molecule has 2 bridgehead atoms. The molecule has 3 unspecified atom stereocenters. The molecule has 4 heteroatoms. The lowest BCUT2D eigenvalue weighted by Gasteiger charge is -2.31. The lowest BCUT2D eigenvalue weighted by atomic mass is 9.94. The molecular formula is C12H16ClN3. The number of aromatic nitrogens is 1. The van der Waals surface area contributed by atoms with Crippen molar-refractivity contribution in [2.24, 2.45) is 5.92 Å². The van der Waals surface area contributed by atoms with Gasteiger partial charge in [-0.25, -0.2) is 4.98 Å². The number of anilines is 1. The third-order valence-corrected chi connectivity index (χ3v) is 3.89. The van der Waals surface area contributed by atoms with E-state index in [1.165, 1.54) is 32.5 Å².